The molecule has 0 aliphatic rings. The molecule has 0 amide bonds. The molecule has 0 radical (unpaired) electrons. The molecule has 1 rings (SSSR count). The summed E-state index contributed by atoms with van der Waals surface area (Å²) in [5.74, 6) is -1.22. The van der Waals surface area contributed by atoms with E-state index >= 15 is 0 Å². The van der Waals surface area contributed by atoms with E-state index in [1.165, 1.54) is 14.0 Å². The van der Waals surface area contributed by atoms with Gasteiger partial charge in [-0.25, -0.2) is 8.78 Å². The summed E-state index contributed by atoms with van der Waals surface area (Å²) in [5, 5.41) is 0. The molecule has 0 aliphatic heterocycles. The number of aryl methyl sites for hydroxylation is 1. The lowest BCUT2D eigenvalue weighted by molar-refractivity contribution is -0.140. The fourth-order valence-electron chi connectivity index (χ4n) is 1.84. The topological polar surface area (TPSA) is 52.3 Å². The molecule has 0 saturated heterocycles. The van der Waals surface area contributed by atoms with Crippen LogP contribution in [-0.4, -0.2) is 13.1 Å². The molecule has 1 unspecified atom stereocenters. The number of benzene rings is 1. The maximum absolute atomic E-state index is 13.7. The number of halogens is 2. The number of nitrogens with two attached hydrogens (primary N) is 1. The smallest absolute Gasteiger partial charge is 0.305 e. The van der Waals surface area contributed by atoms with Crippen LogP contribution in [0.5, 0.6) is 0 Å². The van der Waals surface area contributed by atoms with Gasteiger partial charge < -0.3 is 10.5 Å². The monoisotopic (exact) mass is 271 g/mol. The Balaban J connectivity index is 2.52. The first-order chi connectivity index (χ1) is 8.95. The summed E-state index contributed by atoms with van der Waals surface area (Å²) in [7, 11) is 1.33. The molecule has 1 atom stereocenters. The number of ether oxygens (including phenoxy) is 1. The van der Waals surface area contributed by atoms with Crippen molar-refractivity contribution in [1.82, 2.24) is 0 Å². The number of rotatable bonds is 6. The molecule has 0 spiro atoms. The van der Waals surface area contributed by atoms with Crippen LogP contribution < -0.4 is 5.73 Å². The molecule has 0 bridgehead atoms. The van der Waals surface area contributed by atoms with Crippen LogP contribution in [0.4, 0.5) is 8.78 Å². The quantitative estimate of drug-likeness (QED) is 0.639. The summed E-state index contributed by atoms with van der Waals surface area (Å²) in [6.45, 7) is 1.50. The van der Waals surface area contributed by atoms with E-state index in [4.69, 9.17) is 5.73 Å². The average Bonchev–Trinajstić information content (AvgIpc) is 2.38. The lowest BCUT2D eigenvalue weighted by Crippen LogP contribution is -2.13. The molecule has 5 heteroatoms. The van der Waals surface area contributed by atoms with E-state index in [1.54, 1.807) is 0 Å². The van der Waals surface area contributed by atoms with Gasteiger partial charge in [-0.3, -0.25) is 4.79 Å². The first kappa shape index (κ1) is 15.6. The molecular formula is C14H19F2NO2. The third-order valence-electron chi connectivity index (χ3n) is 3.05. The van der Waals surface area contributed by atoms with Gasteiger partial charge in [0, 0.05) is 18.0 Å². The largest absolute Gasteiger partial charge is 0.469 e. The summed E-state index contributed by atoms with van der Waals surface area (Å²) in [5.41, 5.74) is 6.29. The number of esters is 1. The second-order valence-corrected chi connectivity index (χ2v) is 4.55. The standard InChI is InChI=1S/C14H19F2NO2/c1-9-7-12(16)10(8-11(9)15)13(17)5-3-4-6-14(18)19-2/h7-8,13H,3-6,17H2,1-2H3. The van der Waals surface area contributed by atoms with Crippen molar-refractivity contribution in [3.63, 3.8) is 0 Å². The van der Waals surface area contributed by atoms with Gasteiger partial charge in [0.15, 0.2) is 0 Å². The Morgan fingerprint density at radius 2 is 2.00 bits per heavy atom. The Morgan fingerprint density at radius 1 is 1.32 bits per heavy atom. The van der Waals surface area contributed by atoms with Gasteiger partial charge in [-0.05, 0) is 37.5 Å². The van der Waals surface area contributed by atoms with E-state index in [1.807, 2.05) is 0 Å². The minimum Gasteiger partial charge on any atom is -0.469 e. The Hall–Kier alpha value is -1.49. The lowest BCUT2D eigenvalue weighted by Gasteiger charge is -2.13. The van der Waals surface area contributed by atoms with Crippen LogP contribution in [0.2, 0.25) is 0 Å². The van der Waals surface area contributed by atoms with Gasteiger partial charge in [0.2, 0.25) is 0 Å². The highest BCUT2D eigenvalue weighted by molar-refractivity contribution is 5.68. The zero-order valence-electron chi connectivity index (χ0n) is 11.2. The van der Waals surface area contributed by atoms with Crippen LogP contribution in [0.25, 0.3) is 0 Å². The van der Waals surface area contributed by atoms with Gasteiger partial charge in [0.1, 0.15) is 11.6 Å². The predicted molar refractivity (Wildman–Crippen MR) is 68.5 cm³/mol. The van der Waals surface area contributed by atoms with Crippen molar-refractivity contribution >= 4 is 5.97 Å². The zero-order valence-corrected chi connectivity index (χ0v) is 11.2. The van der Waals surface area contributed by atoms with Gasteiger partial charge in [-0.2, -0.15) is 0 Å². The minimum atomic E-state index is -0.562. The second-order valence-electron chi connectivity index (χ2n) is 4.55. The minimum absolute atomic E-state index is 0.182. The molecule has 1 aromatic carbocycles. The molecule has 19 heavy (non-hydrogen) atoms. The molecule has 0 aliphatic carbocycles. The van der Waals surface area contributed by atoms with E-state index in [0.717, 1.165) is 12.1 Å². The van der Waals surface area contributed by atoms with Crippen molar-refractivity contribution in [2.24, 2.45) is 5.73 Å². The SMILES string of the molecule is COC(=O)CCCCC(N)c1cc(F)c(C)cc1F. The molecule has 0 saturated carbocycles. The number of carbonyl (C=O) groups is 1. The Bertz CT molecular complexity index is 449. The van der Waals surface area contributed by atoms with Gasteiger partial charge in [0.05, 0.1) is 7.11 Å². The van der Waals surface area contributed by atoms with Crippen LogP contribution in [0, 0.1) is 18.6 Å². The molecule has 106 valence electrons. The average molecular weight is 271 g/mol. The van der Waals surface area contributed by atoms with Crippen LogP contribution >= 0.6 is 0 Å². The highest BCUT2D eigenvalue weighted by Gasteiger charge is 2.14. The van der Waals surface area contributed by atoms with Gasteiger partial charge in [-0.15, -0.1) is 0 Å². The summed E-state index contributed by atoms with van der Waals surface area (Å²) in [6, 6.07) is 1.74. The van der Waals surface area contributed by atoms with Gasteiger partial charge >= 0.3 is 5.97 Å². The molecule has 0 fully saturated rings. The lowest BCUT2D eigenvalue weighted by atomic mass is 9.99. The molecule has 3 nitrogen and oxygen atoms in total. The molecule has 0 aromatic heterocycles. The first-order valence-electron chi connectivity index (χ1n) is 6.23. The van der Waals surface area contributed by atoms with Crippen LogP contribution in [0.3, 0.4) is 0 Å². The normalized spacial score (nSPS) is 12.3. The fraction of sp³-hybridized carbons (Fsp3) is 0.500. The number of hydrogen-bond acceptors (Lipinski definition) is 3. The van der Waals surface area contributed by atoms with Crippen molar-refractivity contribution in [3.05, 3.63) is 34.9 Å². The summed E-state index contributed by atoms with van der Waals surface area (Å²) < 4.78 is 31.5. The maximum Gasteiger partial charge on any atom is 0.305 e. The predicted octanol–water partition coefficient (Wildman–Crippen LogP) is 3.01. The first-order valence-corrected chi connectivity index (χ1v) is 6.23. The van der Waals surface area contributed by atoms with E-state index in [2.05, 4.69) is 4.74 Å². The van der Waals surface area contributed by atoms with E-state index in [0.29, 0.717) is 25.7 Å². The van der Waals surface area contributed by atoms with E-state index < -0.39 is 17.7 Å². The van der Waals surface area contributed by atoms with Crippen LogP contribution in [0.15, 0.2) is 12.1 Å². The Labute approximate surface area is 111 Å². The molecule has 0 heterocycles. The summed E-state index contributed by atoms with van der Waals surface area (Å²) in [4.78, 5) is 10.9. The number of methoxy groups -OCH3 is 1. The van der Waals surface area contributed by atoms with Crippen LogP contribution in [-0.2, 0) is 9.53 Å². The van der Waals surface area contributed by atoms with Crippen molar-refractivity contribution in [3.8, 4) is 0 Å². The number of hydrogen-bond donors (Lipinski definition) is 1. The summed E-state index contributed by atoms with van der Waals surface area (Å²) in [6.07, 6.45) is 2.09. The Morgan fingerprint density at radius 3 is 2.63 bits per heavy atom. The van der Waals surface area contributed by atoms with Gasteiger partial charge in [0.25, 0.3) is 0 Å². The van der Waals surface area contributed by atoms with Crippen molar-refractivity contribution in [1.29, 1.82) is 0 Å². The second kappa shape index (κ2) is 7.19. The highest BCUT2D eigenvalue weighted by Crippen LogP contribution is 2.23. The number of carbonyl (C=O) groups excluding carboxylic acids is 1. The fourth-order valence-corrected chi connectivity index (χ4v) is 1.84. The van der Waals surface area contributed by atoms with E-state index in [-0.39, 0.29) is 17.1 Å². The zero-order chi connectivity index (χ0) is 14.4. The number of unbranched alkanes of at least 4 members (excludes halogenated alkanes) is 1. The third-order valence-corrected chi connectivity index (χ3v) is 3.05. The Kier molecular flexibility index (Phi) is 5.89. The van der Waals surface area contributed by atoms with Gasteiger partial charge in [-0.1, -0.05) is 6.42 Å². The van der Waals surface area contributed by atoms with Crippen molar-refractivity contribution < 1.29 is 18.3 Å². The molecule has 2 N–H and O–H groups in total. The summed E-state index contributed by atoms with van der Waals surface area (Å²) >= 11 is 0. The van der Waals surface area contributed by atoms with Crippen LogP contribution in [0.1, 0.15) is 42.9 Å². The van der Waals surface area contributed by atoms with E-state index in [9.17, 15) is 13.6 Å². The molecule has 1 aromatic rings. The van der Waals surface area contributed by atoms with Crippen molar-refractivity contribution in [2.75, 3.05) is 7.11 Å². The highest BCUT2D eigenvalue weighted by atomic mass is 19.1. The maximum atomic E-state index is 13.7. The third kappa shape index (κ3) is 4.59. The molecular weight excluding hydrogens is 252 g/mol. The van der Waals surface area contributed by atoms with Crippen molar-refractivity contribution in [2.45, 2.75) is 38.6 Å².